The van der Waals surface area contributed by atoms with Crippen molar-refractivity contribution >= 4 is 5.90 Å². The molecule has 0 fully saturated rings. The van der Waals surface area contributed by atoms with Crippen LogP contribution in [0.1, 0.15) is 34.1 Å². The summed E-state index contributed by atoms with van der Waals surface area (Å²) in [5, 5.41) is 0. The van der Waals surface area contributed by atoms with Gasteiger partial charge in [-0.2, -0.15) is 0 Å². The topological polar surface area (TPSA) is 47.6 Å². The first kappa shape index (κ1) is 10.5. The summed E-state index contributed by atoms with van der Waals surface area (Å²) in [4.78, 5) is 4.51. The molecule has 0 aliphatic carbocycles. The van der Waals surface area contributed by atoms with E-state index in [1.165, 1.54) is 0 Å². The molecule has 2 N–H and O–H groups in total. The Labute approximate surface area is 80.4 Å². The van der Waals surface area contributed by atoms with Crippen LogP contribution in [0.3, 0.4) is 0 Å². The van der Waals surface area contributed by atoms with Crippen molar-refractivity contribution in [1.29, 1.82) is 0 Å². The fraction of sp³-hybridized carbons (Fsp3) is 0.900. The monoisotopic (exact) mass is 184 g/mol. The number of hydrogen-bond donors (Lipinski definition) is 1. The van der Waals surface area contributed by atoms with E-state index in [0.29, 0.717) is 12.6 Å². The van der Waals surface area contributed by atoms with Gasteiger partial charge in [0, 0.05) is 12.5 Å². The Hall–Kier alpha value is -0.570. The van der Waals surface area contributed by atoms with Gasteiger partial charge in [-0.05, 0) is 12.3 Å². The maximum absolute atomic E-state index is 5.67. The van der Waals surface area contributed by atoms with E-state index in [9.17, 15) is 0 Å². The molecule has 1 aliphatic rings. The average Bonchev–Trinajstić information content (AvgIpc) is 2.32. The van der Waals surface area contributed by atoms with E-state index in [1.54, 1.807) is 0 Å². The minimum absolute atomic E-state index is 0.137. The van der Waals surface area contributed by atoms with Crippen LogP contribution in [0.15, 0.2) is 4.99 Å². The maximum Gasteiger partial charge on any atom is 0.185 e. The van der Waals surface area contributed by atoms with Gasteiger partial charge in [0.15, 0.2) is 5.90 Å². The summed E-state index contributed by atoms with van der Waals surface area (Å²) in [6, 6.07) is 0.429. The zero-order valence-electron chi connectivity index (χ0n) is 9.00. The SMILES string of the molecule is CC(N)CC1=NC(C(C)(C)C)CO1. The van der Waals surface area contributed by atoms with Gasteiger partial charge in [0.2, 0.25) is 0 Å². The molecule has 1 aliphatic heterocycles. The second kappa shape index (κ2) is 3.66. The third-order valence-electron chi connectivity index (χ3n) is 2.20. The maximum atomic E-state index is 5.67. The van der Waals surface area contributed by atoms with Gasteiger partial charge in [0.1, 0.15) is 6.61 Å². The largest absolute Gasteiger partial charge is 0.479 e. The summed E-state index contributed by atoms with van der Waals surface area (Å²) in [6.07, 6.45) is 0.757. The minimum Gasteiger partial charge on any atom is -0.479 e. The number of nitrogens with two attached hydrogens (primary N) is 1. The number of nitrogens with zero attached hydrogens (tertiary/aromatic N) is 1. The Morgan fingerprint density at radius 2 is 2.23 bits per heavy atom. The van der Waals surface area contributed by atoms with Crippen molar-refractivity contribution < 1.29 is 4.74 Å². The van der Waals surface area contributed by atoms with Crippen molar-refractivity contribution in [1.82, 2.24) is 0 Å². The molecular formula is C10H20N2O. The first-order valence-corrected chi connectivity index (χ1v) is 4.84. The fourth-order valence-corrected chi connectivity index (χ4v) is 1.25. The van der Waals surface area contributed by atoms with E-state index in [0.717, 1.165) is 12.3 Å². The van der Waals surface area contributed by atoms with E-state index in [2.05, 4.69) is 25.8 Å². The molecule has 3 heteroatoms. The first-order chi connectivity index (χ1) is 5.89. The zero-order chi connectivity index (χ0) is 10.1. The van der Waals surface area contributed by atoms with E-state index < -0.39 is 0 Å². The highest BCUT2D eigenvalue weighted by Crippen LogP contribution is 2.26. The van der Waals surface area contributed by atoms with Gasteiger partial charge >= 0.3 is 0 Å². The number of aliphatic imine (C=N–C) groups is 1. The molecule has 0 aromatic rings. The van der Waals surface area contributed by atoms with Crippen LogP contribution >= 0.6 is 0 Å². The van der Waals surface area contributed by atoms with Crippen LogP contribution in [0.4, 0.5) is 0 Å². The smallest absolute Gasteiger partial charge is 0.185 e. The molecule has 0 aromatic carbocycles. The van der Waals surface area contributed by atoms with Crippen molar-refractivity contribution in [3.05, 3.63) is 0 Å². The zero-order valence-corrected chi connectivity index (χ0v) is 9.00. The molecule has 2 atom stereocenters. The van der Waals surface area contributed by atoms with E-state index in [-0.39, 0.29) is 11.5 Å². The van der Waals surface area contributed by atoms with Gasteiger partial charge in [-0.25, -0.2) is 4.99 Å². The van der Waals surface area contributed by atoms with Crippen molar-refractivity contribution in [3.8, 4) is 0 Å². The van der Waals surface area contributed by atoms with Gasteiger partial charge in [-0.3, -0.25) is 0 Å². The van der Waals surface area contributed by atoms with Crippen LogP contribution in [0.5, 0.6) is 0 Å². The second-order valence-corrected chi connectivity index (χ2v) is 4.90. The molecule has 0 bridgehead atoms. The van der Waals surface area contributed by atoms with E-state index >= 15 is 0 Å². The molecular weight excluding hydrogens is 164 g/mol. The van der Waals surface area contributed by atoms with Crippen molar-refractivity contribution in [2.75, 3.05) is 6.61 Å². The van der Waals surface area contributed by atoms with Gasteiger partial charge in [0.05, 0.1) is 6.04 Å². The predicted octanol–water partition coefficient (Wildman–Crippen LogP) is 1.57. The van der Waals surface area contributed by atoms with Crippen molar-refractivity contribution in [2.24, 2.45) is 16.1 Å². The Morgan fingerprint density at radius 3 is 2.62 bits per heavy atom. The summed E-state index contributed by atoms with van der Waals surface area (Å²) >= 11 is 0. The Bertz CT molecular complexity index is 203. The van der Waals surface area contributed by atoms with Crippen LogP contribution < -0.4 is 5.73 Å². The first-order valence-electron chi connectivity index (χ1n) is 4.84. The lowest BCUT2D eigenvalue weighted by atomic mass is 9.88. The highest BCUT2D eigenvalue weighted by molar-refractivity contribution is 5.78. The van der Waals surface area contributed by atoms with E-state index in [1.807, 2.05) is 6.92 Å². The van der Waals surface area contributed by atoms with Crippen LogP contribution in [-0.4, -0.2) is 24.6 Å². The lowest BCUT2D eigenvalue weighted by Crippen LogP contribution is -2.25. The molecule has 0 spiro atoms. The molecule has 0 saturated heterocycles. The van der Waals surface area contributed by atoms with Gasteiger partial charge < -0.3 is 10.5 Å². The highest BCUT2D eigenvalue weighted by atomic mass is 16.5. The second-order valence-electron chi connectivity index (χ2n) is 4.90. The fourth-order valence-electron chi connectivity index (χ4n) is 1.25. The van der Waals surface area contributed by atoms with Crippen molar-refractivity contribution in [3.63, 3.8) is 0 Å². The normalized spacial score (nSPS) is 25.3. The van der Waals surface area contributed by atoms with Crippen LogP contribution in [0, 0.1) is 5.41 Å². The summed E-state index contributed by atoms with van der Waals surface area (Å²) in [6.45, 7) is 9.22. The van der Waals surface area contributed by atoms with Crippen molar-refractivity contribution in [2.45, 2.75) is 46.2 Å². The number of rotatable bonds is 2. The predicted molar refractivity (Wildman–Crippen MR) is 54.9 cm³/mol. The lowest BCUT2D eigenvalue weighted by molar-refractivity contribution is 0.232. The molecule has 0 amide bonds. The third-order valence-corrected chi connectivity index (χ3v) is 2.20. The molecule has 13 heavy (non-hydrogen) atoms. The Morgan fingerprint density at radius 1 is 1.62 bits per heavy atom. The Kier molecular flexibility index (Phi) is 2.96. The van der Waals surface area contributed by atoms with Gasteiger partial charge in [0.25, 0.3) is 0 Å². The van der Waals surface area contributed by atoms with Crippen LogP contribution in [0.25, 0.3) is 0 Å². The molecule has 1 rings (SSSR count). The average molecular weight is 184 g/mol. The standard InChI is InChI=1S/C10H20N2O/c1-7(11)5-9-12-8(6-13-9)10(2,3)4/h7-8H,5-6,11H2,1-4H3. The molecule has 2 unspecified atom stereocenters. The van der Waals surface area contributed by atoms with Crippen LogP contribution in [-0.2, 0) is 4.74 Å². The lowest BCUT2D eigenvalue weighted by Gasteiger charge is -2.21. The quantitative estimate of drug-likeness (QED) is 0.708. The molecule has 0 radical (unpaired) electrons. The summed E-state index contributed by atoms with van der Waals surface area (Å²) in [5.41, 5.74) is 5.86. The summed E-state index contributed by atoms with van der Waals surface area (Å²) < 4.78 is 5.47. The summed E-state index contributed by atoms with van der Waals surface area (Å²) in [5.74, 6) is 0.829. The van der Waals surface area contributed by atoms with E-state index in [4.69, 9.17) is 10.5 Å². The molecule has 1 heterocycles. The number of ether oxygens (including phenoxy) is 1. The molecule has 0 saturated carbocycles. The Balaban J connectivity index is 2.54. The molecule has 0 aromatic heterocycles. The molecule has 3 nitrogen and oxygen atoms in total. The van der Waals surface area contributed by atoms with Gasteiger partial charge in [-0.15, -0.1) is 0 Å². The number of hydrogen-bond acceptors (Lipinski definition) is 3. The highest BCUT2D eigenvalue weighted by Gasteiger charge is 2.30. The summed E-state index contributed by atoms with van der Waals surface area (Å²) in [7, 11) is 0. The third kappa shape index (κ3) is 2.99. The van der Waals surface area contributed by atoms with Gasteiger partial charge in [-0.1, -0.05) is 20.8 Å². The van der Waals surface area contributed by atoms with Crippen LogP contribution in [0.2, 0.25) is 0 Å². The molecule has 76 valence electrons. The minimum atomic E-state index is 0.137.